The van der Waals surface area contributed by atoms with Gasteiger partial charge in [-0.15, -0.1) is 0 Å². The predicted octanol–water partition coefficient (Wildman–Crippen LogP) is 0.780. The molecule has 1 N–H and O–H groups in total. The van der Waals surface area contributed by atoms with Gasteiger partial charge in [0, 0.05) is 5.97 Å². The largest absolute Gasteiger partial charge is 0.550 e. The molecule has 0 spiro atoms. The molecular formula is C14H29NO2. The van der Waals surface area contributed by atoms with Gasteiger partial charge in [-0.05, 0) is 45.4 Å². The Balaban J connectivity index is 0.000000557. The number of unbranched alkanes of at least 4 members (excludes halogenated alkanes) is 2. The number of aliphatic carboxylic acids is 1. The Labute approximate surface area is 106 Å². The van der Waals surface area contributed by atoms with E-state index in [0.717, 1.165) is 13.0 Å². The Morgan fingerprint density at radius 2 is 1.94 bits per heavy atom. The highest BCUT2D eigenvalue weighted by atomic mass is 16.4. The molecule has 2 unspecified atom stereocenters. The van der Waals surface area contributed by atoms with Crippen molar-refractivity contribution < 1.29 is 14.8 Å². The van der Waals surface area contributed by atoms with E-state index in [9.17, 15) is 0 Å². The van der Waals surface area contributed by atoms with E-state index in [1.54, 1.807) is 0 Å². The number of carboxylic acid groups (broad SMARTS) is 1. The molecule has 102 valence electrons. The molecule has 1 saturated heterocycles. The molecule has 0 radical (unpaired) electrons. The summed E-state index contributed by atoms with van der Waals surface area (Å²) in [5.74, 6) is -1.08. The monoisotopic (exact) mass is 243 g/mol. The third-order valence-corrected chi connectivity index (χ3v) is 3.47. The maximum absolute atomic E-state index is 8.89. The molecule has 0 saturated carbocycles. The summed E-state index contributed by atoms with van der Waals surface area (Å²) in [6, 6.07) is 0.991. The minimum Gasteiger partial charge on any atom is -0.550 e. The molecule has 3 heteroatoms. The van der Waals surface area contributed by atoms with Crippen LogP contribution < -0.4 is 10.0 Å². The summed E-state index contributed by atoms with van der Waals surface area (Å²) in [5, 5.41) is 8.89. The van der Waals surface area contributed by atoms with E-state index < -0.39 is 5.97 Å². The molecule has 2 atom stereocenters. The zero-order valence-corrected chi connectivity index (χ0v) is 11.8. The Morgan fingerprint density at radius 3 is 2.47 bits per heavy atom. The van der Waals surface area contributed by atoms with E-state index in [1.807, 2.05) is 4.90 Å². The van der Waals surface area contributed by atoms with E-state index in [1.165, 1.54) is 58.0 Å². The van der Waals surface area contributed by atoms with Crippen LogP contribution in [0.15, 0.2) is 0 Å². The summed E-state index contributed by atoms with van der Waals surface area (Å²) >= 11 is 0. The summed E-state index contributed by atoms with van der Waals surface area (Å²) < 4.78 is 0. The Hall–Kier alpha value is -0.570. The molecule has 3 nitrogen and oxygen atoms in total. The number of likely N-dealkylation sites (tertiary alicyclic amines) is 1. The quantitative estimate of drug-likeness (QED) is 0.725. The number of carbonyl (C=O) groups is 1. The van der Waals surface area contributed by atoms with Crippen molar-refractivity contribution in [3.8, 4) is 0 Å². The molecule has 0 bridgehead atoms. The van der Waals surface area contributed by atoms with E-state index >= 15 is 0 Å². The van der Waals surface area contributed by atoms with Gasteiger partial charge in [0.05, 0.1) is 19.1 Å². The van der Waals surface area contributed by atoms with Gasteiger partial charge < -0.3 is 14.8 Å². The van der Waals surface area contributed by atoms with E-state index in [0.29, 0.717) is 0 Å². The molecule has 1 heterocycles. The second kappa shape index (κ2) is 10.6. The molecule has 0 aromatic carbocycles. The molecule has 0 aromatic rings. The van der Waals surface area contributed by atoms with Crippen LogP contribution in [0, 0.1) is 0 Å². The van der Waals surface area contributed by atoms with Crippen molar-refractivity contribution in [2.75, 3.05) is 13.1 Å². The lowest BCUT2D eigenvalue weighted by Crippen LogP contribution is -3.16. The van der Waals surface area contributed by atoms with Crippen molar-refractivity contribution in [1.82, 2.24) is 0 Å². The minimum atomic E-state index is -1.08. The fourth-order valence-corrected chi connectivity index (χ4v) is 2.58. The molecule has 17 heavy (non-hydrogen) atoms. The van der Waals surface area contributed by atoms with Crippen LogP contribution in [0.3, 0.4) is 0 Å². The van der Waals surface area contributed by atoms with Gasteiger partial charge in [-0.1, -0.05) is 20.3 Å². The summed E-state index contributed by atoms with van der Waals surface area (Å²) in [7, 11) is 0. The Kier molecular flexibility index (Phi) is 10.2. The molecule has 1 aliphatic heterocycles. The summed E-state index contributed by atoms with van der Waals surface area (Å²) in [4.78, 5) is 10.8. The number of rotatable bonds is 5. The number of quaternary nitrogens is 1. The van der Waals surface area contributed by atoms with Crippen LogP contribution in [0.25, 0.3) is 0 Å². The SMILES string of the molecule is CC(=O)[O-].CCCCC[NH+]1CCCCC1CC. The van der Waals surface area contributed by atoms with Gasteiger partial charge in [0.2, 0.25) is 0 Å². The van der Waals surface area contributed by atoms with Crippen molar-refractivity contribution in [2.45, 2.75) is 71.8 Å². The zero-order valence-electron chi connectivity index (χ0n) is 11.8. The first kappa shape index (κ1) is 16.4. The van der Waals surface area contributed by atoms with Crippen LogP contribution in [0.2, 0.25) is 0 Å². The van der Waals surface area contributed by atoms with Crippen LogP contribution in [0.4, 0.5) is 0 Å². The van der Waals surface area contributed by atoms with Crippen LogP contribution in [0.5, 0.6) is 0 Å². The van der Waals surface area contributed by atoms with Gasteiger partial charge in [-0.2, -0.15) is 0 Å². The van der Waals surface area contributed by atoms with Crippen molar-refractivity contribution >= 4 is 5.97 Å². The standard InChI is InChI=1S/C12H25N.C2H4O2/c1-3-5-7-10-13-11-8-6-9-12(13)4-2;1-2(3)4/h12H,3-11H2,1-2H3;1H3,(H,3,4). The number of hydrogen-bond acceptors (Lipinski definition) is 2. The average Bonchev–Trinajstić information content (AvgIpc) is 2.29. The first-order valence-corrected chi connectivity index (χ1v) is 7.13. The van der Waals surface area contributed by atoms with Crippen LogP contribution in [-0.4, -0.2) is 25.1 Å². The molecule has 0 aromatic heterocycles. The minimum absolute atomic E-state index is 0.972. The molecule has 1 rings (SSSR count). The van der Waals surface area contributed by atoms with Crippen molar-refractivity contribution in [3.63, 3.8) is 0 Å². The summed E-state index contributed by atoms with van der Waals surface area (Å²) in [5.41, 5.74) is 0. The van der Waals surface area contributed by atoms with Gasteiger partial charge in [-0.25, -0.2) is 0 Å². The second-order valence-corrected chi connectivity index (χ2v) is 4.96. The Morgan fingerprint density at radius 1 is 1.29 bits per heavy atom. The Bertz CT molecular complexity index is 191. The molecule has 1 fully saturated rings. The molecule has 1 aliphatic rings. The lowest BCUT2D eigenvalue weighted by molar-refractivity contribution is -0.931. The highest BCUT2D eigenvalue weighted by Crippen LogP contribution is 2.05. The predicted molar refractivity (Wildman–Crippen MR) is 68.8 cm³/mol. The third kappa shape index (κ3) is 9.16. The number of carboxylic acids is 1. The van der Waals surface area contributed by atoms with Crippen molar-refractivity contribution in [2.24, 2.45) is 0 Å². The number of carbonyl (C=O) groups excluding carboxylic acids is 1. The summed E-state index contributed by atoms with van der Waals surface area (Å²) in [6.07, 6.45) is 10.1. The lowest BCUT2D eigenvalue weighted by Gasteiger charge is -2.32. The van der Waals surface area contributed by atoms with Crippen molar-refractivity contribution in [1.29, 1.82) is 0 Å². The average molecular weight is 243 g/mol. The van der Waals surface area contributed by atoms with Crippen LogP contribution in [-0.2, 0) is 4.79 Å². The highest BCUT2D eigenvalue weighted by molar-refractivity contribution is 5.60. The topological polar surface area (TPSA) is 44.6 Å². The van der Waals surface area contributed by atoms with E-state index in [-0.39, 0.29) is 0 Å². The van der Waals surface area contributed by atoms with Crippen LogP contribution >= 0.6 is 0 Å². The first-order valence-electron chi connectivity index (χ1n) is 7.13. The smallest absolute Gasteiger partial charge is 0.0872 e. The molecule has 0 aliphatic carbocycles. The number of nitrogens with one attached hydrogen (secondary N) is 1. The fourth-order valence-electron chi connectivity index (χ4n) is 2.58. The summed E-state index contributed by atoms with van der Waals surface area (Å²) in [6.45, 7) is 8.51. The maximum atomic E-state index is 8.89. The van der Waals surface area contributed by atoms with Crippen LogP contribution in [0.1, 0.15) is 65.7 Å². The second-order valence-electron chi connectivity index (χ2n) is 4.96. The first-order chi connectivity index (χ1) is 8.11. The molecular weight excluding hydrogens is 214 g/mol. The van der Waals surface area contributed by atoms with Gasteiger partial charge in [-0.3, -0.25) is 0 Å². The van der Waals surface area contributed by atoms with Gasteiger partial charge in [0.25, 0.3) is 0 Å². The fraction of sp³-hybridized carbons (Fsp3) is 0.929. The normalized spacial score (nSPS) is 23.7. The van der Waals surface area contributed by atoms with E-state index in [4.69, 9.17) is 9.90 Å². The number of hydrogen-bond donors (Lipinski definition) is 1. The van der Waals surface area contributed by atoms with Gasteiger partial charge in [0.15, 0.2) is 0 Å². The lowest BCUT2D eigenvalue weighted by atomic mass is 9.99. The highest BCUT2D eigenvalue weighted by Gasteiger charge is 2.23. The van der Waals surface area contributed by atoms with Crippen molar-refractivity contribution in [3.05, 3.63) is 0 Å². The van der Waals surface area contributed by atoms with Gasteiger partial charge >= 0.3 is 0 Å². The number of piperidine rings is 1. The van der Waals surface area contributed by atoms with E-state index in [2.05, 4.69) is 13.8 Å². The maximum Gasteiger partial charge on any atom is 0.0872 e. The third-order valence-electron chi connectivity index (χ3n) is 3.47. The zero-order chi connectivity index (χ0) is 13.1. The molecule has 0 amide bonds. The van der Waals surface area contributed by atoms with Gasteiger partial charge in [0.1, 0.15) is 0 Å².